The van der Waals surface area contributed by atoms with Crippen LogP contribution in [0, 0.1) is 5.92 Å². The highest BCUT2D eigenvalue weighted by atomic mass is 35.5. The van der Waals surface area contributed by atoms with Crippen LogP contribution in [-0.2, 0) is 11.3 Å². The van der Waals surface area contributed by atoms with Gasteiger partial charge in [0.25, 0.3) is 5.56 Å². The van der Waals surface area contributed by atoms with Crippen LogP contribution in [-0.4, -0.2) is 21.2 Å². The summed E-state index contributed by atoms with van der Waals surface area (Å²) in [6.07, 6.45) is 0. The molecule has 0 saturated heterocycles. The van der Waals surface area contributed by atoms with E-state index < -0.39 is 0 Å². The number of amides is 1. The fourth-order valence-electron chi connectivity index (χ4n) is 2.69. The van der Waals surface area contributed by atoms with E-state index in [9.17, 15) is 9.59 Å². The molecule has 5 nitrogen and oxygen atoms in total. The molecule has 0 atom stereocenters. The number of carbonyl (C=O) groups is 1. The third kappa shape index (κ3) is 4.87. The largest absolute Gasteiger partial charge is 0.324 e. The van der Waals surface area contributed by atoms with Gasteiger partial charge in [-0.1, -0.05) is 60.9 Å². The number of anilines is 1. The molecule has 3 aromatic rings. The smallest absolute Gasteiger partial charge is 0.262 e. The standard InChI is InChI=1S/C20H19Cl2N3O2S/c1-12(2)10-25-19(27)14-9-13(21)7-8-16(14)24-20(25)28-11-18(26)23-17-6-4-3-5-15(17)22/h3-9,12H,10-11H2,1-2H3,(H,23,26). The monoisotopic (exact) mass is 435 g/mol. The lowest BCUT2D eigenvalue weighted by Crippen LogP contribution is -2.26. The molecule has 2 aromatic carbocycles. The van der Waals surface area contributed by atoms with E-state index >= 15 is 0 Å². The Kier molecular flexibility index (Phi) is 6.65. The van der Waals surface area contributed by atoms with Crippen LogP contribution in [0.3, 0.4) is 0 Å². The normalized spacial score (nSPS) is 11.2. The highest BCUT2D eigenvalue weighted by Crippen LogP contribution is 2.23. The number of nitrogens with one attached hydrogen (secondary N) is 1. The first-order valence-electron chi connectivity index (χ1n) is 8.72. The summed E-state index contributed by atoms with van der Waals surface area (Å²) in [4.78, 5) is 29.9. The molecule has 1 amide bonds. The molecule has 1 N–H and O–H groups in total. The topological polar surface area (TPSA) is 64.0 Å². The summed E-state index contributed by atoms with van der Waals surface area (Å²) in [5.74, 6) is 0.126. The van der Waals surface area contributed by atoms with Crippen LogP contribution in [0.4, 0.5) is 5.69 Å². The lowest BCUT2D eigenvalue weighted by atomic mass is 10.2. The highest BCUT2D eigenvalue weighted by molar-refractivity contribution is 7.99. The van der Waals surface area contributed by atoms with E-state index in [2.05, 4.69) is 10.3 Å². The molecule has 3 rings (SSSR count). The Labute approximate surface area is 177 Å². The van der Waals surface area contributed by atoms with Crippen molar-refractivity contribution in [2.24, 2.45) is 5.92 Å². The predicted molar refractivity (Wildman–Crippen MR) is 117 cm³/mol. The van der Waals surface area contributed by atoms with Crippen LogP contribution in [0.1, 0.15) is 13.8 Å². The first-order valence-corrected chi connectivity index (χ1v) is 10.5. The van der Waals surface area contributed by atoms with Crippen LogP contribution < -0.4 is 10.9 Å². The zero-order valence-corrected chi connectivity index (χ0v) is 17.7. The SMILES string of the molecule is CC(C)Cn1c(SCC(=O)Nc2ccccc2Cl)nc2ccc(Cl)cc2c1=O. The van der Waals surface area contributed by atoms with Crippen LogP contribution in [0.5, 0.6) is 0 Å². The molecule has 1 aromatic heterocycles. The second kappa shape index (κ2) is 8.99. The molecule has 0 aliphatic rings. The fraction of sp³-hybridized carbons (Fsp3) is 0.250. The lowest BCUT2D eigenvalue weighted by Gasteiger charge is -2.15. The summed E-state index contributed by atoms with van der Waals surface area (Å²) in [5, 5.41) is 4.71. The van der Waals surface area contributed by atoms with E-state index in [0.29, 0.717) is 38.3 Å². The molecule has 0 spiro atoms. The van der Waals surface area contributed by atoms with Crippen molar-refractivity contribution in [2.45, 2.75) is 25.5 Å². The van der Waals surface area contributed by atoms with E-state index in [-0.39, 0.29) is 23.1 Å². The number of aromatic nitrogens is 2. The molecule has 0 unspecified atom stereocenters. The summed E-state index contributed by atoms with van der Waals surface area (Å²) in [6, 6.07) is 12.1. The molecule has 0 fully saturated rings. The number of hydrogen-bond donors (Lipinski definition) is 1. The summed E-state index contributed by atoms with van der Waals surface area (Å²) in [6.45, 7) is 4.54. The van der Waals surface area contributed by atoms with Gasteiger partial charge in [-0.05, 0) is 36.2 Å². The maximum absolute atomic E-state index is 13.0. The van der Waals surface area contributed by atoms with Gasteiger partial charge in [0.1, 0.15) is 0 Å². The Morgan fingerprint density at radius 1 is 1.21 bits per heavy atom. The Hall–Kier alpha value is -2.02. The Bertz CT molecular complexity index is 1080. The van der Waals surface area contributed by atoms with Gasteiger partial charge in [0.2, 0.25) is 5.91 Å². The highest BCUT2D eigenvalue weighted by Gasteiger charge is 2.15. The number of halogens is 2. The molecule has 0 aliphatic heterocycles. The summed E-state index contributed by atoms with van der Waals surface area (Å²) in [7, 11) is 0. The zero-order chi connectivity index (χ0) is 20.3. The Balaban J connectivity index is 1.87. The number of carbonyl (C=O) groups excluding carboxylic acids is 1. The van der Waals surface area contributed by atoms with E-state index in [1.54, 1.807) is 47.0 Å². The van der Waals surface area contributed by atoms with Gasteiger partial charge in [0.15, 0.2) is 5.16 Å². The van der Waals surface area contributed by atoms with Gasteiger partial charge in [-0.15, -0.1) is 0 Å². The van der Waals surface area contributed by atoms with Crippen molar-refractivity contribution < 1.29 is 4.79 Å². The van der Waals surface area contributed by atoms with Gasteiger partial charge in [-0.2, -0.15) is 0 Å². The summed E-state index contributed by atoms with van der Waals surface area (Å²) >= 11 is 13.3. The molecule has 0 aliphatic carbocycles. The molecule has 1 heterocycles. The third-order valence-corrected chi connectivity index (χ3v) is 5.45. The number of nitrogens with zero attached hydrogens (tertiary/aromatic N) is 2. The lowest BCUT2D eigenvalue weighted by molar-refractivity contribution is -0.113. The summed E-state index contributed by atoms with van der Waals surface area (Å²) in [5.41, 5.74) is 0.953. The maximum Gasteiger partial charge on any atom is 0.262 e. The van der Waals surface area contributed by atoms with Crippen molar-refractivity contribution in [1.29, 1.82) is 0 Å². The minimum Gasteiger partial charge on any atom is -0.324 e. The average molecular weight is 436 g/mol. The van der Waals surface area contributed by atoms with Crippen molar-refractivity contribution in [3.8, 4) is 0 Å². The molecular weight excluding hydrogens is 417 g/mol. The van der Waals surface area contributed by atoms with Gasteiger partial charge in [-0.25, -0.2) is 4.98 Å². The van der Waals surface area contributed by atoms with Crippen molar-refractivity contribution in [3.05, 3.63) is 62.9 Å². The van der Waals surface area contributed by atoms with Crippen LogP contribution in [0.25, 0.3) is 10.9 Å². The second-order valence-corrected chi connectivity index (χ2v) is 8.47. The molecule has 8 heteroatoms. The van der Waals surface area contributed by atoms with Crippen LogP contribution in [0.15, 0.2) is 52.4 Å². The molecular formula is C20H19Cl2N3O2S. The summed E-state index contributed by atoms with van der Waals surface area (Å²) < 4.78 is 1.61. The van der Waals surface area contributed by atoms with Gasteiger partial charge >= 0.3 is 0 Å². The van der Waals surface area contributed by atoms with E-state index in [1.165, 1.54) is 11.8 Å². The first-order chi connectivity index (χ1) is 13.3. The average Bonchev–Trinajstić information content (AvgIpc) is 2.65. The van der Waals surface area contributed by atoms with Gasteiger partial charge < -0.3 is 5.32 Å². The van der Waals surface area contributed by atoms with Crippen molar-refractivity contribution in [1.82, 2.24) is 9.55 Å². The van der Waals surface area contributed by atoms with Crippen molar-refractivity contribution in [3.63, 3.8) is 0 Å². The van der Waals surface area contributed by atoms with Gasteiger partial charge in [-0.3, -0.25) is 14.2 Å². The first kappa shape index (κ1) is 20.7. The molecule has 0 bridgehead atoms. The van der Waals surface area contributed by atoms with E-state index in [1.807, 2.05) is 13.8 Å². The Morgan fingerprint density at radius 3 is 2.68 bits per heavy atom. The minimum absolute atomic E-state index is 0.106. The number of fused-ring (bicyclic) bond motifs is 1. The van der Waals surface area contributed by atoms with Crippen LogP contribution >= 0.6 is 35.0 Å². The quantitative estimate of drug-likeness (QED) is 0.432. The zero-order valence-electron chi connectivity index (χ0n) is 15.4. The van der Waals surface area contributed by atoms with Crippen molar-refractivity contribution in [2.75, 3.05) is 11.1 Å². The second-order valence-electron chi connectivity index (χ2n) is 6.68. The van der Waals surface area contributed by atoms with E-state index in [4.69, 9.17) is 23.2 Å². The molecule has 0 radical (unpaired) electrons. The number of para-hydroxylation sites is 1. The number of hydrogen-bond acceptors (Lipinski definition) is 4. The minimum atomic E-state index is -0.223. The number of thioether (sulfide) groups is 1. The van der Waals surface area contributed by atoms with Crippen LogP contribution in [0.2, 0.25) is 10.0 Å². The molecule has 146 valence electrons. The number of benzene rings is 2. The maximum atomic E-state index is 13.0. The Morgan fingerprint density at radius 2 is 1.96 bits per heavy atom. The molecule has 28 heavy (non-hydrogen) atoms. The predicted octanol–water partition coefficient (Wildman–Crippen LogP) is 5.09. The molecule has 0 saturated carbocycles. The fourth-order valence-corrected chi connectivity index (χ4v) is 3.85. The third-order valence-electron chi connectivity index (χ3n) is 3.91. The van der Waals surface area contributed by atoms with E-state index in [0.717, 1.165) is 0 Å². The number of rotatable bonds is 6. The van der Waals surface area contributed by atoms with Gasteiger partial charge in [0.05, 0.1) is 27.4 Å². The van der Waals surface area contributed by atoms with Gasteiger partial charge in [0, 0.05) is 11.6 Å². The van der Waals surface area contributed by atoms with Crippen molar-refractivity contribution >= 4 is 57.5 Å².